The predicted octanol–water partition coefficient (Wildman–Crippen LogP) is 4.22. The Morgan fingerprint density at radius 3 is 2.78 bits per heavy atom. The number of benzene rings is 1. The lowest BCUT2D eigenvalue weighted by atomic mass is 9.95. The number of halogens is 1. The second kappa shape index (κ2) is 9.80. The molecule has 1 aliphatic rings. The van der Waals surface area contributed by atoms with Crippen molar-refractivity contribution in [2.45, 2.75) is 57.4 Å². The van der Waals surface area contributed by atoms with Crippen molar-refractivity contribution < 1.29 is 9.59 Å². The lowest BCUT2D eigenvalue weighted by molar-refractivity contribution is -0.122. The van der Waals surface area contributed by atoms with E-state index in [4.69, 9.17) is 11.6 Å². The molecule has 0 atom stereocenters. The first-order valence-corrected chi connectivity index (χ1v) is 10.5. The summed E-state index contributed by atoms with van der Waals surface area (Å²) >= 11 is 7.17. The lowest BCUT2D eigenvalue weighted by Gasteiger charge is -2.22. The maximum Gasteiger partial charge on any atom is 0.286 e. The zero-order valence-electron chi connectivity index (χ0n) is 15.0. The molecule has 8 heteroatoms. The number of carbonyl (C=O) groups is 2. The fourth-order valence-electron chi connectivity index (χ4n) is 3.14. The van der Waals surface area contributed by atoms with Gasteiger partial charge in [0.2, 0.25) is 10.9 Å². The molecule has 3 rings (SSSR count). The van der Waals surface area contributed by atoms with Gasteiger partial charge in [0, 0.05) is 29.6 Å². The normalized spacial score (nSPS) is 14.7. The Bertz CT molecular complexity index is 790. The Hall–Kier alpha value is -1.99. The van der Waals surface area contributed by atoms with Gasteiger partial charge < -0.3 is 10.6 Å². The van der Waals surface area contributed by atoms with Gasteiger partial charge in [0.1, 0.15) is 5.01 Å². The standard InChI is InChI=1S/C19H23ClN4O2S/c20-13-6-4-9-15(12-13)22-18(26)19-24-23-17(27-19)11-5-10-16(25)21-14-7-2-1-3-8-14/h4,6,9,12,14H,1-3,5,7-8,10-11H2,(H,21,25)(H,22,26). The van der Waals surface area contributed by atoms with E-state index in [1.807, 2.05) is 0 Å². The number of rotatable bonds is 7. The van der Waals surface area contributed by atoms with Crippen molar-refractivity contribution in [3.05, 3.63) is 39.3 Å². The molecule has 2 amide bonds. The summed E-state index contributed by atoms with van der Waals surface area (Å²) in [6.07, 6.45) is 7.67. The van der Waals surface area contributed by atoms with Gasteiger partial charge in [-0.25, -0.2) is 0 Å². The van der Waals surface area contributed by atoms with Crippen LogP contribution in [0.15, 0.2) is 24.3 Å². The molecule has 0 aliphatic heterocycles. The molecule has 1 aromatic heterocycles. The van der Waals surface area contributed by atoms with Crippen LogP contribution >= 0.6 is 22.9 Å². The second-order valence-electron chi connectivity index (χ2n) is 6.72. The number of nitrogens with zero attached hydrogens (tertiary/aromatic N) is 2. The van der Waals surface area contributed by atoms with Crippen molar-refractivity contribution in [2.24, 2.45) is 0 Å². The number of hydrogen-bond acceptors (Lipinski definition) is 5. The van der Waals surface area contributed by atoms with Gasteiger partial charge in [-0.1, -0.05) is 48.3 Å². The number of aryl methyl sites for hydroxylation is 1. The Labute approximate surface area is 167 Å². The van der Waals surface area contributed by atoms with Crippen LogP contribution in [0.3, 0.4) is 0 Å². The monoisotopic (exact) mass is 406 g/mol. The first-order chi connectivity index (χ1) is 13.1. The Kier molecular flexibility index (Phi) is 7.18. The topological polar surface area (TPSA) is 84.0 Å². The largest absolute Gasteiger partial charge is 0.353 e. The Balaban J connectivity index is 1.42. The molecular formula is C19H23ClN4O2S. The van der Waals surface area contributed by atoms with Crippen LogP contribution in [0, 0.1) is 0 Å². The van der Waals surface area contributed by atoms with Crippen LogP contribution in [-0.2, 0) is 11.2 Å². The number of carbonyl (C=O) groups excluding carboxylic acids is 2. The smallest absolute Gasteiger partial charge is 0.286 e. The molecule has 1 aromatic carbocycles. The third-order valence-electron chi connectivity index (χ3n) is 4.51. The van der Waals surface area contributed by atoms with E-state index in [0.29, 0.717) is 41.0 Å². The highest BCUT2D eigenvalue weighted by molar-refractivity contribution is 7.13. The Morgan fingerprint density at radius 1 is 1.19 bits per heavy atom. The molecule has 0 bridgehead atoms. The minimum atomic E-state index is -0.309. The fraction of sp³-hybridized carbons (Fsp3) is 0.474. The maximum atomic E-state index is 12.2. The van der Waals surface area contributed by atoms with Crippen LogP contribution in [-0.4, -0.2) is 28.1 Å². The zero-order valence-corrected chi connectivity index (χ0v) is 16.6. The number of hydrogen-bond donors (Lipinski definition) is 2. The number of amides is 2. The molecule has 0 radical (unpaired) electrons. The highest BCUT2D eigenvalue weighted by atomic mass is 35.5. The number of aromatic nitrogens is 2. The summed E-state index contributed by atoms with van der Waals surface area (Å²) in [5, 5.41) is 15.5. The summed E-state index contributed by atoms with van der Waals surface area (Å²) in [5.74, 6) is -0.207. The zero-order chi connectivity index (χ0) is 19.1. The molecule has 0 spiro atoms. The first-order valence-electron chi connectivity index (χ1n) is 9.29. The average molecular weight is 407 g/mol. The van der Waals surface area contributed by atoms with E-state index in [2.05, 4.69) is 20.8 Å². The maximum absolute atomic E-state index is 12.2. The quantitative estimate of drug-likeness (QED) is 0.721. The summed E-state index contributed by atoms with van der Waals surface area (Å²) in [6, 6.07) is 7.28. The van der Waals surface area contributed by atoms with Crippen LogP contribution in [0.2, 0.25) is 5.02 Å². The molecular weight excluding hydrogens is 384 g/mol. The minimum absolute atomic E-state index is 0.102. The van der Waals surface area contributed by atoms with E-state index in [9.17, 15) is 9.59 Å². The van der Waals surface area contributed by atoms with Gasteiger partial charge in [0.05, 0.1) is 0 Å². The number of nitrogens with one attached hydrogen (secondary N) is 2. The fourth-order valence-corrected chi connectivity index (χ4v) is 4.11. The van der Waals surface area contributed by atoms with Gasteiger partial charge in [0.15, 0.2) is 0 Å². The molecule has 2 aromatic rings. The van der Waals surface area contributed by atoms with Crippen molar-refractivity contribution in [3.63, 3.8) is 0 Å². The van der Waals surface area contributed by atoms with Gasteiger partial charge in [-0.3, -0.25) is 9.59 Å². The number of anilines is 1. The average Bonchev–Trinajstić information content (AvgIpc) is 3.12. The summed E-state index contributed by atoms with van der Waals surface area (Å²) in [4.78, 5) is 24.3. The molecule has 6 nitrogen and oxygen atoms in total. The van der Waals surface area contributed by atoms with Gasteiger partial charge in [-0.05, 0) is 37.5 Å². The summed E-state index contributed by atoms with van der Waals surface area (Å²) in [5.41, 5.74) is 0.614. The summed E-state index contributed by atoms with van der Waals surface area (Å²) in [6.45, 7) is 0. The second-order valence-corrected chi connectivity index (χ2v) is 8.22. The van der Waals surface area contributed by atoms with Crippen molar-refractivity contribution >= 4 is 40.4 Å². The van der Waals surface area contributed by atoms with Crippen LogP contribution in [0.25, 0.3) is 0 Å². The van der Waals surface area contributed by atoms with Crippen molar-refractivity contribution in [2.75, 3.05) is 5.32 Å². The summed E-state index contributed by atoms with van der Waals surface area (Å²) < 4.78 is 0. The first kappa shape index (κ1) is 19.8. The molecule has 27 heavy (non-hydrogen) atoms. The molecule has 1 saturated carbocycles. The van der Waals surface area contributed by atoms with Gasteiger partial charge >= 0.3 is 0 Å². The highest BCUT2D eigenvalue weighted by Gasteiger charge is 2.16. The van der Waals surface area contributed by atoms with E-state index < -0.39 is 0 Å². The molecule has 144 valence electrons. The SMILES string of the molecule is O=C(CCCc1nnc(C(=O)Nc2cccc(Cl)c2)s1)NC1CCCCC1. The molecule has 0 unspecified atom stereocenters. The van der Waals surface area contributed by atoms with Crippen LogP contribution in [0.1, 0.15) is 59.8 Å². The molecule has 2 N–H and O–H groups in total. The Morgan fingerprint density at radius 2 is 2.00 bits per heavy atom. The van der Waals surface area contributed by atoms with Crippen LogP contribution < -0.4 is 10.6 Å². The van der Waals surface area contributed by atoms with E-state index in [1.54, 1.807) is 24.3 Å². The minimum Gasteiger partial charge on any atom is -0.353 e. The predicted molar refractivity (Wildman–Crippen MR) is 107 cm³/mol. The molecule has 1 aliphatic carbocycles. The molecule has 1 heterocycles. The van der Waals surface area contributed by atoms with E-state index in [0.717, 1.165) is 17.8 Å². The van der Waals surface area contributed by atoms with Crippen molar-refractivity contribution in [1.82, 2.24) is 15.5 Å². The van der Waals surface area contributed by atoms with Gasteiger partial charge in [-0.15, -0.1) is 10.2 Å². The molecule has 1 fully saturated rings. The van der Waals surface area contributed by atoms with Crippen molar-refractivity contribution in [3.8, 4) is 0 Å². The van der Waals surface area contributed by atoms with Crippen LogP contribution in [0.4, 0.5) is 5.69 Å². The molecule has 0 saturated heterocycles. The van der Waals surface area contributed by atoms with Crippen LogP contribution in [0.5, 0.6) is 0 Å². The van der Waals surface area contributed by atoms with E-state index in [1.165, 1.54) is 30.6 Å². The summed E-state index contributed by atoms with van der Waals surface area (Å²) in [7, 11) is 0. The van der Waals surface area contributed by atoms with E-state index >= 15 is 0 Å². The van der Waals surface area contributed by atoms with Gasteiger partial charge in [0.25, 0.3) is 5.91 Å². The van der Waals surface area contributed by atoms with Gasteiger partial charge in [-0.2, -0.15) is 0 Å². The third kappa shape index (κ3) is 6.29. The van der Waals surface area contributed by atoms with E-state index in [-0.39, 0.29) is 11.8 Å². The highest BCUT2D eigenvalue weighted by Crippen LogP contribution is 2.19. The third-order valence-corrected chi connectivity index (χ3v) is 5.73. The lowest BCUT2D eigenvalue weighted by Crippen LogP contribution is -2.36. The van der Waals surface area contributed by atoms with Crippen molar-refractivity contribution in [1.29, 1.82) is 0 Å².